The van der Waals surface area contributed by atoms with E-state index in [0.29, 0.717) is 42.8 Å². The van der Waals surface area contributed by atoms with E-state index in [1.807, 2.05) is 47.4 Å². The molecule has 0 bridgehead atoms. The van der Waals surface area contributed by atoms with Crippen molar-refractivity contribution in [2.75, 3.05) is 58.1 Å². The van der Waals surface area contributed by atoms with Crippen LogP contribution in [0.1, 0.15) is 11.1 Å². The van der Waals surface area contributed by atoms with Crippen LogP contribution in [-0.2, 0) is 12.8 Å². The van der Waals surface area contributed by atoms with Crippen molar-refractivity contribution in [3.63, 3.8) is 0 Å². The molecule has 0 radical (unpaired) electrons. The minimum absolute atomic E-state index is 0.0215. The molecule has 0 spiro atoms. The molecule has 1 aliphatic rings. The molecule has 2 aromatic rings. The molecule has 2 unspecified atom stereocenters. The molecule has 1 heterocycles. The third kappa shape index (κ3) is 5.86. The SMILES string of the molecule is CN1CC(Cc2ccc(N(C)C)cc2[N+](=O)[O-])C(=NO)C(Cc2ccc(N(C)C)cc2[N+](=O)[O-])C1. The molecule has 1 N–H and O–H groups in total. The summed E-state index contributed by atoms with van der Waals surface area (Å²) < 4.78 is 0. The number of nitrogens with zero attached hydrogens (tertiary/aromatic N) is 6. The van der Waals surface area contributed by atoms with Crippen molar-refractivity contribution in [3.8, 4) is 0 Å². The maximum Gasteiger partial charge on any atom is 0.274 e. The van der Waals surface area contributed by atoms with Gasteiger partial charge in [0, 0.05) is 87.8 Å². The lowest BCUT2D eigenvalue weighted by atomic mass is 9.80. The Morgan fingerprint density at radius 2 is 1.29 bits per heavy atom. The highest BCUT2D eigenvalue weighted by Crippen LogP contribution is 2.33. The van der Waals surface area contributed by atoms with Crippen LogP contribution < -0.4 is 9.80 Å². The van der Waals surface area contributed by atoms with Crippen molar-refractivity contribution in [1.82, 2.24) is 4.90 Å². The number of oxime groups is 1. The standard InChI is InChI=1S/C24H32N6O5/c1-26(2)20-8-6-16(22(12-20)29(32)33)10-18-14-28(5)15-19(24(18)25-31)11-17-7-9-21(27(3)4)13-23(17)30(34)35/h6-9,12-13,18-19,31H,10-11,14-15H2,1-5H3. The predicted molar refractivity (Wildman–Crippen MR) is 136 cm³/mol. The van der Waals surface area contributed by atoms with E-state index in [1.165, 1.54) is 0 Å². The number of anilines is 2. The summed E-state index contributed by atoms with van der Waals surface area (Å²) in [7, 11) is 9.21. The molecular formula is C24H32N6O5. The van der Waals surface area contributed by atoms with Gasteiger partial charge in [0.2, 0.25) is 0 Å². The average Bonchev–Trinajstić information content (AvgIpc) is 2.78. The van der Waals surface area contributed by atoms with Gasteiger partial charge in [-0.3, -0.25) is 20.2 Å². The Balaban J connectivity index is 1.92. The number of likely N-dealkylation sites (tertiary alicyclic amines) is 1. The highest BCUT2D eigenvalue weighted by Gasteiger charge is 2.35. The van der Waals surface area contributed by atoms with Crippen LogP contribution in [0.15, 0.2) is 41.6 Å². The van der Waals surface area contributed by atoms with Gasteiger partial charge in [-0.25, -0.2) is 0 Å². The Labute approximate surface area is 204 Å². The van der Waals surface area contributed by atoms with Crippen LogP contribution >= 0.6 is 0 Å². The summed E-state index contributed by atoms with van der Waals surface area (Å²) in [5.41, 5.74) is 3.12. The first-order valence-electron chi connectivity index (χ1n) is 11.3. The number of hydrogen-bond acceptors (Lipinski definition) is 9. The lowest BCUT2D eigenvalue weighted by Crippen LogP contribution is -2.46. The Morgan fingerprint density at radius 3 is 1.60 bits per heavy atom. The molecule has 0 saturated carbocycles. The zero-order chi connectivity index (χ0) is 25.9. The molecule has 0 aromatic heterocycles. The van der Waals surface area contributed by atoms with Crippen LogP contribution in [-0.4, -0.2) is 74.0 Å². The largest absolute Gasteiger partial charge is 0.411 e. The molecule has 0 aliphatic carbocycles. The van der Waals surface area contributed by atoms with Crippen molar-refractivity contribution in [2.45, 2.75) is 12.8 Å². The Bertz CT molecular complexity index is 1050. The van der Waals surface area contributed by atoms with Crippen LogP contribution in [0.2, 0.25) is 0 Å². The number of nitro groups is 2. The fourth-order valence-electron chi connectivity index (χ4n) is 4.73. The van der Waals surface area contributed by atoms with Gasteiger partial charge in [0.15, 0.2) is 0 Å². The number of nitro benzene ring substituents is 2. The van der Waals surface area contributed by atoms with E-state index in [9.17, 15) is 25.4 Å². The first-order chi connectivity index (χ1) is 16.5. The van der Waals surface area contributed by atoms with Crippen molar-refractivity contribution < 1.29 is 15.1 Å². The van der Waals surface area contributed by atoms with Gasteiger partial charge in [-0.15, -0.1) is 0 Å². The zero-order valence-electron chi connectivity index (χ0n) is 20.7. The third-order valence-corrected chi connectivity index (χ3v) is 6.51. The first-order valence-corrected chi connectivity index (χ1v) is 11.3. The molecule has 2 atom stereocenters. The maximum absolute atomic E-state index is 11.8. The molecule has 188 valence electrons. The second-order valence-corrected chi connectivity index (χ2v) is 9.48. The van der Waals surface area contributed by atoms with E-state index in [-0.39, 0.29) is 23.2 Å². The molecule has 11 heteroatoms. The fourth-order valence-corrected chi connectivity index (χ4v) is 4.73. The fraction of sp³-hybridized carbons (Fsp3) is 0.458. The molecular weight excluding hydrogens is 452 g/mol. The lowest BCUT2D eigenvalue weighted by Gasteiger charge is -2.36. The van der Waals surface area contributed by atoms with E-state index in [4.69, 9.17) is 0 Å². The molecule has 1 aliphatic heterocycles. The number of piperidine rings is 1. The van der Waals surface area contributed by atoms with Crippen molar-refractivity contribution in [1.29, 1.82) is 0 Å². The highest BCUT2D eigenvalue weighted by atomic mass is 16.6. The lowest BCUT2D eigenvalue weighted by molar-refractivity contribution is -0.385. The average molecular weight is 485 g/mol. The van der Waals surface area contributed by atoms with E-state index >= 15 is 0 Å². The third-order valence-electron chi connectivity index (χ3n) is 6.51. The summed E-state index contributed by atoms with van der Waals surface area (Å²) >= 11 is 0. The Kier molecular flexibility index (Phi) is 7.90. The van der Waals surface area contributed by atoms with Gasteiger partial charge in [0.25, 0.3) is 11.4 Å². The van der Waals surface area contributed by atoms with Gasteiger partial charge >= 0.3 is 0 Å². The van der Waals surface area contributed by atoms with Gasteiger partial charge in [-0.1, -0.05) is 17.3 Å². The molecule has 1 saturated heterocycles. The van der Waals surface area contributed by atoms with Crippen LogP contribution in [0.5, 0.6) is 0 Å². The summed E-state index contributed by atoms with van der Waals surface area (Å²) in [5.74, 6) is -0.541. The summed E-state index contributed by atoms with van der Waals surface area (Å²) in [6.45, 7) is 1.12. The van der Waals surface area contributed by atoms with Gasteiger partial charge in [-0.2, -0.15) is 0 Å². The van der Waals surface area contributed by atoms with Crippen molar-refractivity contribution in [3.05, 3.63) is 67.8 Å². The van der Waals surface area contributed by atoms with Gasteiger partial charge in [0.05, 0.1) is 15.6 Å². The summed E-state index contributed by atoms with van der Waals surface area (Å²) in [6, 6.07) is 10.2. The molecule has 3 rings (SSSR count). The van der Waals surface area contributed by atoms with Crippen LogP contribution in [0.4, 0.5) is 22.7 Å². The van der Waals surface area contributed by atoms with Crippen LogP contribution in [0.3, 0.4) is 0 Å². The number of hydrogen-bond donors (Lipinski definition) is 1. The molecule has 1 fully saturated rings. The molecule has 35 heavy (non-hydrogen) atoms. The van der Waals surface area contributed by atoms with E-state index in [2.05, 4.69) is 10.1 Å². The highest BCUT2D eigenvalue weighted by molar-refractivity contribution is 5.90. The quantitative estimate of drug-likeness (QED) is 0.343. The minimum Gasteiger partial charge on any atom is -0.411 e. The van der Waals surface area contributed by atoms with Crippen molar-refractivity contribution in [2.24, 2.45) is 17.0 Å². The van der Waals surface area contributed by atoms with E-state index in [0.717, 1.165) is 11.4 Å². The van der Waals surface area contributed by atoms with Crippen LogP contribution in [0.25, 0.3) is 0 Å². The van der Waals surface area contributed by atoms with E-state index in [1.54, 1.807) is 34.1 Å². The summed E-state index contributed by atoms with van der Waals surface area (Å²) in [4.78, 5) is 28.4. The summed E-state index contributed by atoms with van der Waals surface area (Å²) in [5, 5.41) is 37.1. The zero-order valence-corrected chi connectivity index (χ0v) is 20.7. The Hall–Kier alpha value is -3.73. The Morgan fingerprint density at radius 1 is 0.886 bits per heavy atom. The molecule has 2 aromatic carbocycles. The van der Waals surface area contributed by atoms with Crippen molar-refractivity contribution >= 4 is 28.5 Å². The topological polar surface area (TPSA) is 129 Å². The second kappa shape index (κ2) is 10.7. The molecule has 11 nitrogen and oxygen atoms in total. The number of rotatable bonds is 8. The van der Waals surface area contributed by atoms with E-state index < -0.39 is 9.85 Å². The van der Waals surface area contributed by atoms with Gasteiger partial charge in [-0.05, 0) is 32.0 Å². The first kappa shape index (κ1) is 25.9. The summed E-state index contributed by atoms with van der Waals surface area (Å²) in [6.07, 6.45) is 0.651. The van der Waals surface area contributed by atoms with Crippen LogP contribution in [0, 0.1) is 32.1 Å². The molecule has 0 amide bonds. The smallest absolute Gasteiger partial charge is 0.274 e. The minimum atomic E-state index is -0.391. The predicted octanol–water partition coefficient (Wildman–Crippen LogP) is 3.43. The number of benzene rings is 2. The maximum atomic E-state index is 11.8. The normalized spacial score (nSPS) is 18.3. The van der Waals surface area contributed by atoms with Gasteiger partial charge in [0.1, 0.15) is 0 Å². The van der Waals surface area contributed by atoms with Gasteiger partial charge < -0.3 is 19.9 Å². The second-order valence-electron chi connectivity index (χ2n) is 9.48. The monoisotopic (exact) mass is 484 g/mol.